The highest BCUT2D eigenvalue weighted by molar-refractivity contribution is 6.75. The van der Waals surface area contributed by atoms with E-state index in [1.54, 1.807) is 0 Å². The van der Waals surface area contributed by atoms with E-state index in [-0.39, 0.29) is 16.7 Å². The van der Waals surface area contributed by atoms with Gasteiger partial charge in [0, 0.05) is 5.02 Å². The summed E-state index contributed by atoms with van der Waals surface area (Å²) in [6.07, 6.45) is -1.34. The van der Waals surface area contributed by atoms with Gasteiger partial charge < -0.3 is 28.2 Å². The Kier molecular flexibility index (Phi) is 9.30. The van der Waals surface area contributed by atoms with Crippen LogP contribution in [-0.2, 0) is 31.7 Å². The van der Waals surface area contributed by atoms with E-state index in [9.17, 15) is 5.11 Å². The fourth-order valence-electron chi connectivity index (χ4n) is 5.04. The van der Waals surface area contributed by atoms with Crippen molar-refractivity contribution in [3.8, 4) is 5.75 Å². The molecule has 1 N–H and O–H groups in total. The number of halogens is 1. The Bertz CT molecular complexity index is 1260. The molecule has 0 bridgehead atoms. The number of benzene rings is 2. The predicted molar refractivity (Wildman–Crippen MR) is 174 cm³/mol. The average Bonchev–Trinajstić information content (AvgIpc) is 3.31. The van der Waals surface area contributed by atoms with Crippen LogP contribution in [0, 0.1) is 0 Å². The van der Waals surface area contributed by atoms with Crippen molar-refractivity contribution in [1.29, 1.82) is 0 Å². The van der Waals surface area contributed by atoms with Crippen LogP contribution in [-0.4, -0.2) is 46.0 Å². The van der Waals surface area contributed by atoms with Gasteiger partial charge in [-0.05, 0) is 97.0 Å². The van der Waals surface area contributed by atoms with Crippen molar-refractivity contribution in [3.63, 3.8) is 0 Å². The molecule has 2 aliphatic rings. The minimum Gasteiger partial charge on any atom is -0.544 e. The molecule has 0 spiro atoms. The Balaban J connectivity index is 1.71. The number of fused-ring (bicyclic) bond motifs is 1. The lowest BCUT2D eigenvalue weighted by Gasteiger charge is -2.41. The maximum Gasteiger partial charge on any atom is 0.250 e. The number of aliphatic hydroxyl groups excluding tert-OH is 1. The first-order valence-electron chi connectivity index (χ1n) is 15.0. The largest absolute Gasteiger partial charge is 0.544 e. The number of hydrogen-bond acceptors (Lipinski definition) is 6. The van der Waals surface area contributed by atoms with Crippen LogP contribution in [0.2, 0.25) is 41.3 Å². The van der Waals surface area contributed by atoms with Crippen molar-refractivity contribution < 1.29 is 28.2 Å². The highest BCUT2D eigenvalue weighted by Gasteiger charge is 2.58. The van der Waals surface area contributed by atoms with Crippen LogP contribution >= 0.6 is 11.6 Å². The second-order valence-electron chi connectivity index (χ2n) is 15.3. The topological polar surface area (TPSA) is 66.4 Å². The molecule has 2 heterocycles. The molecule has 0 unspecified atom stereocenters. The predicted octanol–water partition coefficient (Wildman–Crippen LogP) is 8.75. The Morgan fingerprint density at radius 3 is 2.02 bits per heavy atom. The van der Waals surface area contributed by atoms with Crippen LogP contribution in [0.15, 0.2) is 36.4 Å². The SMILES string of the molecule is CC1(C)O[C@@H]2O[C@@H](c3c(CO)ccc(Cl)c3Cc3ccc(O[Si](C)(C)C(C)(C)C)cc3)[C@@H](O[Si](C)(C)C(C)(C)C)[C@@H]2O1. The van der Waals surface area contributed by atoms with E-state index in [0.29, 0.717) is 11.4 Å². The summed E-state index contributed by atoms with van der Waals surface area (Å²) in [5.41, 5.74) is 3.62. The monoisotopic (exact) mass is 634 g/mol. The Labute approximate surface area is 260 Å². The van der Waals surface area contributed by atoms with Gasteiger partial charge in [-0.15, -0.1) is 0 Å². The van der Waals surface area contributed by atoms with E-state index in [1.165, 1.54) is 0 Å². The highest BCUT2D eigenvalue weighted by atomic mass is 35.5. The Morgan fingerprint density at radius 1 is 0.881 bits per heavy atom. The van der Waals surface area contributed by atoms with Crippen molar-refractivity contribution in [2.45, 2.75) is 135 Å². The van der Waals surface area contributed by atoms with Crippen LogP contribution in [0.1, 0.15) is 83.7 Å². The van der Waals surface area contributed by atoms with Crippen LogP contribution in [0.3, 0.4) is 0 Å². The lowest BCUT2D eigenvalue weighted by molar-refractivity contribution is -0.215. The van der Waals surface area contributed by atoms with E-state index in [1.807, 2.05) is 38.1 Å². The first-order valence-corrected chi connectivity index (χ1v) is 21.2. The van der Waals surface area contributed by atoms with Crippen molar-refractivity contribution in [1.82, 2.24) is 0 Å². The molecule has 4 atom stereocenters. The second-order valence-corrected chi connectivity index (χ2v) is 25.2. The molecule has 2 aromatic rings. The van der Waals surface area contributed by atoms with E-state index < -0.39 is 47.0 Å². The third kappa shape index (κ3) is 6.86. The average molecular weight is 635 g/mol. The molecule has 2 saturated heterocycles. The Morgan fingerprint density at radius 2 is 1.48 bits per heavy atom. The highest BCUT2D eigenvalue weighted by Crippen LogP contribution is 2.50. The van der Waals surface area contributed by atoms with Crippen molar-refractivity contribution in [3.05, 3.63) is 63.7 Å². The zero-order valence-electron chi connectivity index (χ0n) is 27.6. The van der Waals surface area contributed by atoms with Gasteiger partial charge in [0.05, 0.1) is 6.61 Å². The van der Waals surface area contributed by atoms with Crippen LogP contribution in [0.25, 0.3) is 0 Å². The second kappa shape index (κ2) is 11.6. The lowest BCUT2D eigenvalue weighted by atomic mass is 9.90. The molecule has 9 heteroatoms. The molecule has 0 aromatic heterocycles. The van der Waals surface area contributed by atoms with Crippen molar-refractivity contribution >= 4 is 28.2 Å². The molecular weight excluding hydrogens is 584 g/mol. The summed E-state index contributed by atoms with van der Waals surface area (Å²) in [6, 6.07) is 12.0. The summed E-state index contributed by atoms with van der Waals surface area (Å²) in [7, 11) is -4.19. The lowest BCUT2D eigenvalue weighted by Crippen LogP contribution is -2.48. The van der Waals surface area contributed by atoms with Crippen molar-refractivity contribution in [2.24, 2.45) is 0 Å². The number of hydrogen-bond donors (Lipinski definition) is 1. The van der Waals surface area contributed by atoms with E-state index in [0.717, 1.165) is 28.0 Å². The summed E-state index contributed by atoms with van der Waals surface area (Å²) in [5, 5.41) is 11.2. The van der Waals surface area contributed by atoms with Crippen LogP contribution < -0.4 is 4.43 Å². The zero-order valence-corrected chi connectivity index (χ0v) is 30.3. The van der Waals surface area contributed by atoms with Crippen molar-refractivity contribution in [2.75, 3.05) is 0 Å². The molecule has 6 nitrogen and oxygen atoms in total. The van der Waals surface area contributed by atoms with Crippen LogP contribution in [0.5, 0.6) is 5.75 Å². The summed E-state index contributed by atoms with van der Waals surface area (Å²) in [4.78, 5) is 0. The molecule has 2 aliphatic heterocycles. The molecule has 2 aromatic carbocycles. The molecule has 2 fully saturated rings. The molecule has 0 amide bonds. The third-order valence-electron chi connectivity index (χ3n) is 9.56. The standard InChI is InChI=1S/C33H51ClO6Si2/c1-31(2,3)41(9,10)39-23-16-13-21(14-17-23)19-24-25(34)18-15-22(20-35)26(24)27-28(40-42(11,12)32(4,5)6)29-30(36-27)38-33(7,8)37-29/h13-18,27-30,35H,19-20H2,1-12H3/t27-,28+,29-,30-/m0/s1. The Hall–Kier alpha value is -1.24. The molecule has 4 rings (SSSR count). The summed E-state index contributed by atoms with van der Waals surface area (Å²) >= 11 is 6.92. The quantitative estimate of drug-likeness (QED) is 0.293. The zero-order chi connectivity index (χ0) is 31.5. The molecule has 42 heavy (non-hydrogen) atoms. The van der Waals surface area contributed by atoms with E-state index >= 15 is 0 Å². The number of aliphatic hydroxyl groups is 1. The third-order valence-corrected chi connectivity index (χ3v) is 18.7. The summed E-state index contributed by atoms with van der Waals surface area (Å²) < 4.78 is 32.7. The molecule has 0 aliphatic carbocycles. The fourth-order valence-corrected chi connectivity index (χ4v) is 7.60. The first kappa shape index (κ1) is 33.7. The van der Waals surface area contributed by atoms with Gasteiger partial charge in [-0.25, -0.2) is 0 Å². The van der Waals surface area contributed by atoms with Gasteiger partial charge in [-0.3, -0.25) is 0 Å². The molecule has 234 valence electrons. The van der Waals surface area contributed by atoms with Gasteiger partial charge >= 0.3 is 0 Å². The van der Waals surface area contributed by atoms with Gasteiger partial charge in [0.15, 0.2) is 20.4 Å². The molecule has 0 saturated carbocycles. The molecular formula is C33H51ClO6Si2. The van der Waals surface area contributed by atoms with Gasteiger partial charge in [0.2, 0.25) is 8.32 Å². The minimum atomic E-state index is -2.24. The fraction of sp³-hybridized carbons (Fsp3) is 0.636. The van der Waals surface area contributed by atoms with Gasteiger partial charge in [0.1, 0.15) is 24.1 Å². The minimum absolute atomic E-state index is 0.0180. The van der Waals surface area contributed by atoms with E-state index in [2.05, 4.69) is 79.9 Å². The van der Waals surface area contributed by atoms with Gasteiger partial charge in [-0.2, -0.15) is 0 Å². The first-order chi connectivity index (χ1) is 19.2. The van der Waals surface area contributed by atoms with Gasteiger partial charge in [-0.1, -0.05) is 71.3 Å². The number of rotatable bonds is 8. The number of ether oxygens (including phenoxy) is 3. The summed E-state index contributed by atoms with van der Waals surface area (Å²) in [5.74, 6) is 0.105. The van der Waals surface area contributed by atoms with Gasteiger partial charge in [0.25, 0.3) is 0 Å². The summed E-state index contributed by atoms with van der Waals surface area (Å²) in [6.45, 7) is 26.0. The smallest absolute Gasteiger partial charge is 0.250 e. The molecule has 0 radical (unpaired) electrons. The normalized spacial score (nSPS) is 24.6. The van der Waals surface area contributed by atoms with Crippen LogP contribution in [0.4, 0.5) is 0 Å². The maximum absolute atomic E-state index is 10.5. The maximum atomic E-state index is 10.5. The van der Waals surface area contributed by atoms with E-state index in [4.69, 9.17) is 34.7 Å².